The Balaban J connectivity index is 1.42. The number of benzene rings is 3. The van der Waals surface area contributed by atoms with E-state index in [1.54, 1.807) is 24.3 Å². The molecule has 4 rings (SSSR count). The predicted octanol–water partition coefficient (Wildman–Crippen LogP) is 4.50. The standard InChI is InChI=1S/C25H22N2O3/c1-17(18-7-9-20(10-8-18)19-5-3-2-4-6-19)26-25(30)21-11-13-22(14-12-21)27-23(28)15-16-24(27)29/h2-14,17H,15-16H2,1H3,(H,26,30). The molecule has 1 fully saturated rings. The molecule has 0 bridgehead atoms. The lowest BCUT2D eigenvalue weighted by Crippen LogP contribution is -2.29. The summed E-state index contributed by atoms with van der Waals surface area (Å²) in [5.41, 5.74) is 4.26. The van der Waals surface area contributed by atoms with Crippen LogP contribution in [0.1, 0.15) is 41.7 Å². The Morgan fingerprint density at radius 1 is 0.800 bits per heavy atom. The zero-order valence-corrected chi connectivity index (χ0v) is 16.7. The second kappa shape index (κ2) is 8.33. The van der Waals surface area contributed by atoms with Crippen molar-refractivity contribution in [2.24, 2.45) is 0 Å². The molecule has 30 heavy (non-hydrogen) atoms. The monoisotopic (exact) mass is 398 g/mol. The van der Waals surface area contributed by atoms with Crippen molar-refractivity contribution in [2.45, 2.75) is 25.8 Å². The fourth-order valence-corrected chi connectivity index (χ4v) is 3.58. The number of rotatable bonds is 5. The number of nitrogens with one attached hydrogen (secondary N) is 1. The fourth-order valence-electron chi connectivity index (χ4n) is 3.58. The molecule has 5 heteroatoms. The summed E-state index contributed by atoms with van der Waals surface area (Å²) in [6.07, 6.45) is 0.475. The van der Waals surface area contributed by atoms with Gasteiger partial charge in [-0.3, -0.25) is 19.3 Å². The number of carbonyl (C=O) groups is 3. The number of imide groups is 1. The molecule has 1 saturated heterocycles. The van der Waals surface area contributed by atoms with Crippen molar-refractivity contribution in [3.63, 3.8) is 0 Å². The van der Waals surface area contributed by atoms with Gasteiger partial charge in [-0.1, -0.05) is 54.6 Å². The van der Waals surface area contributed by atoms with Gasteiger partial charge in [0.15, 0.2) is 0 Å². The molecule has 0 radical (unpaired) electrons. The number of nitrogens with zero attached hydrogens (tertiary/aromatic N) is 1. The maximum atomic E-state index is 12.6. The van der Waals surface area contributed by atoms with E-state index in [1.165, 1.54) is 4.90 Å². The van der Waals surface area contributed by atoms with Crippen molar-refractivity contribution >= 4 is 23.4 Å². The summed E-state index contributed by atoms with van der Waals surface area (Å²) < 4.78 is 0. The summed E-state index contributed by atoms with van der Waals surface area (Å²) >= 11 is 0. The topological polar surface area (TPSA) is 66.5 Å². The molecule has 3 amide bonds. The molecule has 0 saturated carbocycles. The molecule has 0 spiro atoms. The van der Waals surface area contributed by atoms with E-state index in [0.717, 1.165) is 16.7 Å². The predicted molar refractivity (Wildman–Crippen MR) is 116 cm³/mol. The van der Waals surface area contributed by atoms with Crippen LogP contribution in [0.15, 0.2) is 78.9 Å². The van der Waals surface area contributed by atoms with E-state index in [9.17, 15) is 14.4 Å². The summed E-state index contributed by atoms with van der Waals surface area (Å²) in [4.78, 5) is 37.5. The van der Waals surface area contributed by atoms with Crippen LogP contribution in [-0.4, -0.2) is 17.7 Å². The van der Waals surface area contributed by atoms with Gasteiger partial charge in [0.1, 0.15) is 0 Å². The summed E-state index contributed by atoms with van der Waals surface area (Å²) in [7, 11) is 0. The van der Waals surface area contributed by atoms with Gasteiger partial charge in [0.05, 0.1) is 11.7 Å². The quantitative estimate of drug-likeness (QED) is 0.644. The Morgan fingerprint density at radius 2 is 1.37 bits per heavy atom. The average molecular weight is 398 g/mol. The molecule has 1 heterocycles. The normalized spacial score (nSPS) is 14.6. The van der Waals surface area contributed by atoms with E-state index in [-0.39, 0.29) is 36.6 Å². The molecule has 0 aromatic heterocycles. The average Bonchev–Trinajstić information content (AvgIpc) is 3.12. The highest BCUT2D eigenvalue weighted by atomic mass is 16.2. The van der Waals surface area contributed by atoms with Crippen LogP contribution in [0, 0.1) is 0 Å². The van der Waals surface area contributed by atoms with E-state index in [2.05, 4.69) is 17.4 Å². The smallest absolute Gasteiger partial charge is 0.251 e. The largest absolute Gasteiger partial charge is 0.346 e. The first kappa shape index (κ1) is 19.6. The van der Waals surface area contributed by atoms with Gasteiger partial charge in [-0.2, -0.15) is 0 Å². The lowest BCUT2D eigenvalue weighted by atomic mass is 10.0. The van der Waals surface area contributed by atoms with Crippen LogP contribution in [-0.2, 0) is 9.59 Å². The van der Waals surface area contributed by atoms with Crippen molar-refractivity contribution in [3.8, 4) is 11.1 Å². The van der Waals surface area contributed by atoms with Crippen LogP contribution in [0.3, 0.4) is 0 Å². The van der Waals surface area contributed by atoms with Crippen molar-refractivity contribution in [3.05, 3.63) is 90.0 Å². The summed E-state index contributed by atoms with van der Waals surface area (Å²) in [6.45, 7) is 1.94. The van der Waals surface area contributed by atoms with Crippen LogP contribution in [0.5, 0.6) is 0 Å². The minimum atomic E-state index is -0.208. The van der Waals surface area contributed by atoms with Crippen molar-refractivity contribution < 1.29 is 14.4 Å². The van der Waals surface area contributed by atoms with E-state index >= 15 is 0 Å². The zero-order valence-electron chi connectivity index (χ0n) is 16.7. The van der Waals surface area contributed by atoms with Gasteiger partial charge in [0.2, 0.25) is 11.8 Å². The highest BCUT2D eigenvalue weighted by molar-refractivity contribution is 6.19. The van der Waals surface area contributed by atoms with Gasteiger partial charge in [-0.15, -0.1) is 0 Å². The molecule has 1 aliphatic heterocycles. The highest BCUT2D eigenvalue weighted by Crippen LogP contribution is 2.24. The second-order valence-electron chi connectivity index (χ2n) is 7.35. The van der Waals surface area contributed by atoms with Gasteiger partial charge in [0, 0.05) is 18.4 Å². The van der Waals surface area contributed by atoms with E-state index in [4.69, 9.17) is 0 Å². The molecule has 1 atom stereocenters. The molecular weight excluding hydrogens is 376 g/mol. The minimum Gasteiger partial charge on any atom is -0.346 e. The Labute approximate surface area is 175 Å². The molecular formula is C25H22N2O3. The first-order chi connectivity index (χ1) is 14.5. The Kier molecular flexibility index (Phi) is 5.44. The van der Waals surface area contributed by atoms with E-state index in [1.807, 2.05) is 49.4 Å². The first-order valence-corrected chi connectivity index (χ1v) is 9.95. The van der Waals surface area contributed by atoms with E-state index < -0.39 is 0 Å². The number of amides is 3. The van der Waals surface area contributed by atoms with Gasteiger partial charge in [-0.25, -0.2) is 0 Å². The molecule has 1 aliphatic rings. The van der Waals surface area contributed by atoms with Crippen LogP contribution in [0.25, 0.3) is 11.1 Å². The van der Waals surface area contributed by atoms with Crippen LogP contribution in [0.2, 0.25) is 0 Å². The third-order valence-electron chi connectivity index (χ3n) is 5.30. The Morgan fingerprint density at radius 3 is 1.97 bits per heavy atom. The third-order valence-corrected chi connectivity index (χ3v) is 5.30. The highest BCUT2D eigenvalue weighted by Gasteiger charge is 2.30. The summed E-state index contributed by atoms with van der Waals surface area (Å²) in [6, 6.07) is 24.6. The Bertz CT molecular complexity index is 1060. The van der Waals surface area contributed by atoms with Crippen LogP contribution in [0.4, 0.5) is 5.69 Å². The molecule has 1 unspecified atom stereocenters. The van der Waals surface area contributed by atoms with Crippen molar-refractivity contribution in [1.82, 2.24) is 5.32 Å². The molecule has 3 aromatic rings. The minimum absolute atomic E-state index is 0.163. The maximum absolute atomic E-state index is 12.6. The lowest BCUT2D eigenvalue weighted by molar-refractivity contribution is -0.121. The van der Waals surface area contributed by atoms with Gasteiger partial charge >= 0.3 is 0 Å². The fraction of sp³-hybridized carbons (Fsp3) is 0.160. The van der Waals surface area contributed by atoms with Crippen molar-refractivity contribution in [1.29, 1.82) is 0 Å². The number of carbonyl (C=O) groups excluding carboxylic acids is 3. The second-order valence-corrected chi connectivity index (χ2v) is 7.35. The van der Waals surface area contributed by atoms with E-state index in [0.29, 0.717) is 11.3 Å². The number of anilines is 1. The molecule has 5 nitrogen and oxygen atoms in total. The van der Waals surface area contributed by atoms with Gasteiger partial charge in [0.25, 0.3) is 5.91 Å². The molecule has 150 valence electrons. The van der Waals surface area contributed by atoms with Crippen molar-refractivity contribution in [2.75, 3.05) is 4.90 Å². The number of hydrogen-bond acceptors (Lipinski definition) is 3. The van der Waals surface area contributed by atoms with Gasteiger partial charge in [-0.05, 0) is 47.9 Å². The molecule has 3 aromatic carbocycles. The lowest BCUT2D eigenvalue weighted by Gasteiger charge is -2.16. The number of hydrogen-bond donors (Lipinski definition) is 1. The van der Waals surface area contributed by atoms with Crippen LogP contribution >= 0.6 is 0 Å². The maximum Gasteiger partial charge on any atom is 0.251 e. The third kappa shape index (κ3) is 4.01. The van der Waals surface area contributed by atoms with Gasteiger partial charge < -0.3 is 5.32 Å². The molecule has 1 N–H and O–H groups in total. The molecule has 0 aliphatic carbocycles. The Hall–Kier alpha value is -3.73. The summed E-state index contributed by atoms with van der Waals surface area (Å²) in [5, 5.41) is 2.99. The summed E-state index contributed by atoms with van der Waals surface area (Å²) in [5.74, 6) is -0.616. The zero-order chi connectivity index (χ0) is 21.1. The van der Waals surface area contributed by atoms with Crippen LogP contribution < -0.4 is 10.2 Å². The SMILES string of the molecule is CC(NC(=O)c1ccc(N2C(=O)CCC2=O)cc1)c1ccc(-c2ccccc2)cc1. The first-order valence-electron chi connectivity index (χ1n) is 9.95.